The third-order valence-electron chi connectivity index (χ3n) is 3.96. The number of alkyl halides is 2. The molecule has 0 saturated carbocycles. The number of hydrogen-bond donors (Lipinski definition) is 0. The molecule has 0 amide bonds. The van der Waals surface area contributed by atoms with Crippen molar-refractivity contribution < 1.29 is 22.4 Å². The van der Waals surface area contributed by atoms with E-state index in [1.165, 1.54) is 19.1 Å². The van der Waals surface area contributed by atoms with Crippen LogP contribution in [0.15, 0.2) is 46.0 Å². The lowest BCUT2D eigenvalue weighted by molar-refractivity contribution is -0.385. The largest absolute Gasteiger partial charge is 0.358 e. The van der Waals surface area contributed by atoms with E-state index in [1.54, 1.807) is 13.8 Å². The molecular formula is C16H16Cl2N2O6S. The van der Waals surface area contributed by atoms with Crippen LogP contribution in [-0.4, -0.2) is 35.1 Å². The van der Waals surface area contributed by atoms with E-state index in [0.717, 1.165) is 18.2 Å². The number of carbonyl (C=O) groups is 1. The van der Waals surface area contributed by atoms with Crippen molar-refractivity contribution in [3.63, 3.8) is 0 Å². The molecule has 1 aliphatic carbocycles. The summed E-state index contributed by atoms with van der Waals surface area (Å²) in [5, 5.41) is 13.2. The molecule has 27 heavy (non-hydrogen) atoms. The smallest absolute Gasteiger partial charge is 0.293 e. The third-order valence-corrected chi connectivity index (χ3v) is 6.22. The fraction of sp³-hybridized carbons (Fsp3) is 0.375. The van der Waals surface area contributed by atoms with Gasteiger partial charge in [-0.05, 0) is 25.0 Å². The standard InChI is InChI=1S/C16H16Cl2N2O6S/c1-9(2)12-8-13(16(3,18)15(17)14(12)21)19-26-27(24,25)11-6-4-5-10(7-11)20(22)23/h4-9,15H,1-3H3. The first-order chi connectivity index (χ1) is 12.4. The van der Waals surface area contributed by atoms with Crippen molar-refractivity contribution in [3.05, 3.63) is 46.0 Å². The van der Waals surface area contributed by atoms with E-state index in [4.69, 9.17) is 23.2 Å². The maximum Gasteiger partial charge on any atom is 0.358 e. The van der Waals surface area contributed by atoms with Gasteiger partial charge >= 0.3 is 10.1 Å². The summed E-state index contributed by atoms with van der Waals surface area (Å²) in [6.45, 7) is 4.95. The summed E-state index contributed by atoms with van der Waals surface area (Å²) >= 11 is 12.4. The van der Waals surface area contributed by atoms with Crippen molar-refractivity contribution in [1.29, 1.82) is 0 Å². The third kappa shape index (κ3) is 4.31. The molecule has 1 aromatic carbocycles. The summed E-state index contributed by atoms with van der Waals surface area (Å²) in [5.41, 5.74) is -0.120. The number of rotatable bonds is 5. The van der Waals surface area contributed by atoms with Gasteiger partial charge in [0, 0.05) is 17.7 Å². The minimum Gasteiger partial charge on any atom is -0.293 e. The van der Waals surface area contributed by atoms with Gasteiger partial charge in [0.1, 0.15) is 20.9 Å². The van der Waals surface area contributed by atoms with E-state index >= 15 is 0 Å². The van der Waals surface area contributed by atoms with Gasteiger partial charge in [-0.3, -0.25) is 19.2 Å². The van der Waals surface area contributed by atoms with Crippen LogP contribution >= 0.6 is 23.2 Å². The van der Waals surface area contributed by atoms with Crippen LogP contribution in [0.2, 0.25) is 0 Å². The quantitative estimate of drug-likeness (QED) is 0.398. The first kappa shape index (κ1) is 21.3. The van der Waals surface area contributed by atoms with Gasteiger partial charge in [-0.2, -0.15) is 8.42 Å². The van der Waals surface area contributed by atoms with Gasteiger partial charge in [0.05, 0.1) is 4.92 Å². The fourth-order valence-corrected chi connectivity index (χ4v) is 3.53. The molecule has 0 spiro atoms. The van der Waals surface area contributed by atoms with Gasteiger partial charge in [-0.25, -0.2) is 0 Å². The molecule has 0 saturated heterocycles. The Morgan fingerprint density at radius 2 is 2.00 bits per heavy atom. The Morgan fingerprint density at radius 1 is 1.37 bits per heavy atom. The van der Waals surface area contributed by atoms with Crippen LogP contribution in [0.1, 0.15) is 20.8 Å². The maximum atomic E-state index is 12.3. The molecule has 0 radical (unpaired) electrons. The molecule has 0 aromatic heterocycles. The normalized spacial score (nSPS) is 24.8. The highest BCUT2D eigenvalue weighted by Gasteiger charge is 2.46. The molecule has 146 valence electrons. The molecule has 1 aliphatic rings. The summed E-state index contributed by atoms with van der Waals surface area (Å²) in [6.07, 6.45) is 1.35. The molecular weight excluding hydrogens is 419 g/mol. The predicted molar refractivity (Wildman–Crippen MR) is 101 cm³/mol. The van der Waals surface area contributed by atoms with Crippen LogP contribution in [0, 0.1) is 16.0 Å². The SMILES string of the molecule is CC(C)C1=CC(=NOS(=O)(=O)c2cccc([N+](=O)[O-])c2)C(C)(Cl)C(Cl)C1=O. The molecule has 1 aromatic rings. The number of nitrogens with zero attached hydrogens (tertiary/aromatic N) is 2. The zero-order valence-corrected chi connectivity index (χ0v) is 16.9. The molecule has 0 bridgehead atoms. The molecule has 0 heterocycles. The van der Waals surface area contributed by atoms with Gasteiger partial charge in [0.2, 0.25) is 0 Å². The van der Waals surface area contributed by atoms with Gasteiger partial charge in [-0.1, -0.05) is 25.1 Å². The number of nitro benzene ring substituents is 1. The summed E-state index contributed by atoms with van der Waals surface area (Å²) in [5.74, 6) is -0.560. The van der Waals surface area contributed by atoms with E-state index in [2.05, 4.69) is 9.44 Å². The summed E-state index contributed by atoms with van der Waals surface area (Å²) in [6, 6.07) is 4.33. The molecule has 11 heteroatoms. The van der Waals surface area contributed by atoms with Crippen molar-refractivity contribution in [2.24, 2.45) is 11.1 Å². The fourth-order valence-electron chi connectivity index (χ4n) is 2.33. The van der Waals surface area contributed by atoms with Crippen molar-refractivity contribution >= 4 is 50.5 Å². The van der Waals surface area contributed by atoms with E-state index in [1.807, 2.05) is 0 Å². The van der Waals surface area contributed by atoms with Gasteiger partial charge in [0.25, 0.3) is 5.69 Å². The van der Waals surface area contributed by atoms with E-state index in [-0.39, 0.29) is 17.4 Å². The maximum absolute atomic E-state index is 12.3. The predicted octanol–water partition coefficient (Wildman–Crippen LogP) is 3.43. The average Bonchev–Trinajstić information content (AvgIpc) is 2.59. The number of benzene rings is 1. The second kappa shape index (κ2) is 7.57. The number of ketones is 1. The van der Waals surface area contributed by atoms with Gasteiger partial charge in [-0.15, -0.1) is 23.2 Å². The lowest BCUT2D eigenvalue weighted by Gasteiger charge is -2.32. The van der Waals surface area contributed by atoms with Crippen LogP contribution in [0.3, 0.4) is 0 Å². The lowest BCUT2D eigenvalue weighted by atomic mass is 9.82. The Balaban J connectivity index is 2.44. The van der Waals surface area contributed by atoms with Crippen molar-refractivity contribution in [2.45, 2.75) is 35.9 Å². The Morgan fingerprint density at radius 3 is 2.56 bits per heavy atom. The second-order valence-corrected chi connectivity index (χ2v) is 9.07. The van der Waals surface area contributed by atoms with E-state index < -0.39 is 35.9 Å². The number of allylic oxidation sites excluding steroid dienone is 2. The van der Waals surface area contributed by atoms with Crippen molar-refractivity contribution in [3.8, 4) is 0 Å². The number of hydrogen-bond acceptors (Lipinski definition) is 7. The number of oxime groups is 1. The van der Waals surface area contributed by atoms with Gasteiger partial charge in [0.15, 0.2) is 5.78 Å². The zero-order valence-electron chi connectivity index (χ0n) is 14.5. The summed E-state index contributed by atoms with van der Waals surface area (Å²) < 4.78 is 29.3. The van der Waals surface area contributed by atoms with Crippen molar-refractivity contribution in [2.75, 3.05) is 0 Å². The van der Waals surface area contributed by atoms with E-state index in [9.17, 15) is 23.3 Å². The molecule has 2 unspecified atom stereocenters. The number of non-ortho nitro benzene ring substituents is 1. The molecule has 2 atom stereocenters. The lowest BCUT2D eigenvalue weighted by Crippen LogP contribution is -2.47. The number of nitro groups is 1. The number of Topliss-reactive ketones (excluding diaryl/α,β-unsaturated/α-hetero) is 1. The topological polar surface area (TPSA) is 116 Å². The molecule has 0 aliphatic heterocycles. The van der Waals surface area contributed by atoms with E-state index in [0.29, 0.717) is 5.57 Å². The summed E-state index contributed by atoms with van der Waals surface area (Å²) in [4.78, 5) is 20.4. The van der Waals surface area contributed by atoms with Crippen molar-refractivity contribution in [1.82, 2.24) is 0 Å². The molecule has 8 nitrogen and oxygen atoms in total. The Labute approximate surface area is 166 Å². The minimum absolute atomic E-state index is 0.0403. The first-order valence-electron chi connectivity index (χ1n) is 7.73. The number of carbonyl (C=O) groups excluding carboxylic acids is 1. The Hall–Kier alpha value is -1.97. The number of halogens is 2. The first-order valence-corrected chi connectivity index (χ1v) is 9.95. The van der Waals surface area contributed by atoms with Crippen LogP contribution in [0.25, 0.3) is 0 Å². The molecule has 2 rings (SSSR count). The van der Waals surface area contributed by atoms with Crippen LogP contribution in [0.5, 0.6) is 0 Å². The molecule has 0 N–H and O–H groups in total. The monoisotopic (exact) mass is 434 g/mol. The Bertz CT molecular complexity index is 953. The van der Waals surface area contributed by atoms with Gasteiger partial charge < -0.3 is 0 Å². The highest BCUT2D eigenvalue weighted by atomic mass is 35.5. The molecule has 0 fully saturated rings. The Kier molecular flexibility index (Phi) is 5.98. The zero-order chi connectivity index (χ0) is 20.6. The van der Waals surface area contributed by atoms with Crippen LogP contribution < -0.4 is 0 Å². The second-order valence-electron chi connectivity index (χ2n) is 6.32. The highest BCUT2D eigenvalue weighted by molar-refractivity contribution is 7.86. The summed E-state index contributed by atoms with van der Waals surface area (Å²) in [7, 11) is -4.44. The van der Waals surface area contributed by atoms with Crippen LogP contribution in [-0.2, 0) is 19.2 Å². The average molecular weight is 435 g/mol. The van der Waals surface area contributed by atoms with Crippen LogP contribution in [0.4, 0.5) is 5.69 Å². The highest BCUT2D eigenvalue weighted by Crippen LogP contribution is 2.35. The minimum atomic E-state index is -4.44.